The van der Waals surface area contributed by atoms with E-state index in [0.29, 0.717) is 0 Å². The van der Waals surface area contributed by atoms with E-state index in [1.165, 1.54) is 25.0 Å². The molecule has 1 fully saturated rings. The number of hydrogen-bond acceptors (Lipinski definition) is 2. The van der Waals surface area contributed by atoms with Crippen molar-refractivity contribution in [2.24, 2.45) is 5.92 Å². The second kappa shape index (κ2) is 5.08. The van der Waals surface area contributed by atoms with Crippen molar-refractivity contribution >= 4 is 15.9 Å². The minimum absolute atomic E-state index is 0.727. The first-order chi connectivity index (χ1) is 7.28. The van der Waals surface area contributed by atoms with Crippen LogP contribution in [0, 0.1) is 5.92 Å². The molecular formula is C12H17BrN2. The van der Waals surface area contributed by atoms with E-state index in [1.807, 2.05) is 6.20 Å². The average Bonchev–Trinajstić information content (AvgIpc) is 2.69. The van der Waals surface area contributed by atoms with Gasteiger partial charge in [0.05, 0.1) is 0 Å². The number of nitrogens with zero attached hydrogens (tertiary/aromatic N) is 1. The van der Waals surface area contributed by atoms with Crippen LogP contribution in [0.5, 0.6) is 0 Å². The molecule has 1 aliphatic carbocycles. The third kappa shape index (κ3) is 3.02. The molecule has 0 aliphatic heterocycles. The Kier molecular flexibility index (Phi) is 3.76. The van der Waals surface area contributed by atoms with E-state index in [1.54, 1.807) is 0 Å². The van der Waals surface area contributed by atoms with Gasteiger partial charge in [-0.05, 0) is 66.7 Å². The number of rotatable bonds is 3. The first-order valence-electron chi connectivity index (χ1n) is 5.55. The summed E-state index contributed by atoms with van der Waals surface area (Å²) in [6, 6.07) is 4.93. The Morgan fingerprint density at radius 3 is 2.93 bits per heavy atom. The van der Waals surface area contributed by atoms with Crippen LogP contribution in [-0.4, -0.2) is 18.1 Å². The SMILES string of the molecule is CNC1CCC(Cc2ccc(Br)cn2)C1. The molecule has 0 bridgehead atoms. The van der Waals surface area contributed by atoms with Crippen LogP contribution >= 0.6 is 15.9 Å². The van der Waals surface area contributed by atoms with Crippen molar-refractivity contribution in [2.75, 3.05) is 7.05 Å². The first kappa shape index (κ1) is 11.1. The maximum Gasteiger partial charge on any atom is 0.0413 e. The summed E-state index contributed by atoms with van der Waals surface area (Å²) >= 11 is 3.41. The molecule has 0 saturated heterocycles. The smallest absolute Gasteiger partial charge is 0.0413 e. The summed E-state index contributed by atoms with van der Waals surface area (Å²) in [7, 11) is 2.06. The maximum atomic E-state index is 4.43. The quantitative estimate of drug-likeness (QED) is 0.912. The predicted molar refractivity (Wildman–Crippen MR) is 65.8 cm³/mol. The van der Waals surface area contributed by atoms with Crippen molar-refractivity contribution in [3.05, 3.63) is 28.5 Å². The van der Waals surface area contributed by atoms with E-state index in [0.717, 1.165) is 22.9 Å². The van der Waals surface area contributed by atoms with Gasteiger partial charge in [-0.25, -0.2) is 0 Å². The van der Waals surface area contributed by atoms with Gasteiger partial charge in [-0.1, -0.05) is 0 Å². The number of nitrogens with one attached hydrogen (secondary N) is 1. The Balaban J connectivity index is 1.90. The van der Waals surface area contributed by atoms with Crippen molar-refractivity contribution in [3.63, 3.8) is 0 Å². The van der Waals surface area contributed by atoms with Gasteiger partial charge in [0.1, 0.15) is 0 Å². The molecule has 1 heterocycles. The van der Waals surface area contributed by atoms with Crippen LogP contribution < -0.4 is 5.32 Å². The van der Waals surface area contributed by atoms with Gasteiger partial charge in [0.2, 0.25) is 0 Å². The minimum atomic E-state index is 0.727. The second-order valence-corrected chi connectivity index (χ2v) is 5.25. The fourth-order valence-electron chi connectivity index (χ4n) is 2.35. The highest BCUT2D eigenvalue weighted by Gasteiger charge is 2.23. The van der Waals surface area contributed by atoms with Crippen molar-refractivity contribution in [1.82, 2.24) is 10.3 Å². The zero-order chi connectivity index (χ0) is 10.7. The lowest BCUT2D eigenvalue weighted by Gasteiger charge is -2.10. The maximum absolute atomic E-state index is 4.43. The number of halogens is 1. The van der Waals surface area contributed by atoms with Crippen molar-refractivity contribution < 1.29 is 0 Å². The van der Waals surface area contributed by atoms with Crippen LogP contribution in [-0.2, 0) is 6.42 Å². The molecule has 2 atom stereocenters. The topological polar surface area (TPSA) is 24.9 Å². The molecule has 0 amide bonds. The highest BCUT2D eigenvalue weighted by atomic mass is 79.9. The Labute approximate surface area is 99.6 Å². The van der Waals surface area contributed by atoms with Gasteiger partial charge in [0.25, 0.3) is 0 Å². The monoisotopic (exact) mass is 268 g/mol. The van der Waals surface area contributed by atoms with Gasteiger partial charge >= 0.3 is 0 Å². The summed E-state index contributed by atoms with van der Waals surface area (Å²) in [4.78, 5) is 4.43. The Hall–Kier alpha value is -0.410. The van der Waals surface area contributed by atoms with E-state index < -0.39 is 0 Å². The summed E-state index contributed by atoms with van der Waals surface area (Å²) in [5.74, 6) is 0.816. The van der Waals surface area contributed by atoms with Crippen molar-refractivity contribution in [3.8, 4) is 0 Å². The van der Waals surface area contributed by atoms with E-state index in [9.17, 15) is 0 Å². The van der Waals surface area contributed by atoms with Crippen molar-refractivity contribution in [2.45, 2.75) is 31.7 Å². The minimum Gasteiger partial charge on any atom is -0.317 e. The normalized spacial score (nSPS) is 25.7. The Morgan fingerprint density at radius 1 is 1.47 bits per heavy atom. The Morgan fingerprint density at radius 2 is 2.33 bits per heavy atom. The molecule has 1 N–H and O–H groups in total. The van der Waals surface area contributed by atoms with E-state index in [4.69, 9.17) is 0 Å². The molecule has 82 valence electrons. The molecule has 1 aromatic heterocycles. The summed E-state index contributed by atoms with van der Waals surface area (Å²) < 4.78 is 1.06. The third-order valence-electron chi connectivity index (χ3n) is 3.24. The lowest BCUT2D eigenvalue weighted by molar-refractivity contribution is 0.505. The summed E-state index contributed by atoms with van der Waals surface area (Å²) in [5.41, 5.74) is 1.22. The molecule has 1 aromatic rings. The lowest BCUT2D eigenvalue weighted by atomic mass is 10.0. The molecule has 0 aromatic carbocycles. The second-order valence-electron chi connectivity index (χ2n) is 4.34. The van der Waals surface area contributed by atoms with Crippen LogP contribution in [0.15, 0.2) is 22.8 Å². The molecule has 1 saturated carbocycles. The molecule has 15 heavy (non-hydrogen) atoms. The predicted octanol–water partition coefficient (Wildman–Crippen LogP) is 2.77. The standard InChI is InChI=1S/C12H17BrN2/c1-14-11-4-2-9(6-11)7-12-5-3-10(13)8-15-12/h3,5,8-9,11,14H,2,4,6-7H2,1H3. The molecule has 2 rings (SSSR count). The molecular weight excluding hydrogens is 252 g/mol. The van der Waals surface area contributed by atoms with Crippen LogP contribution in [0.3, 0.4) is 0 Å². The molecule has 1 aliphatic rings. The molecule has 2 nitrogen and oxygen atoms in total. The molecule has 0 spiro atoms. The molecule has 0 radical (unpaired) electrons. The first-order valence-corrected chi connectivity index (χ1v) is 6.35. The van der Waals surface area contributed by atoms with Crippen LogP contribution in [0.1, 0.15) is 25.0 Å². The zero-order valence-corrected chi connectivity index (χ0v) is 10.6. The summed E-state index contributed by atoms with van der Waals surface area (Å²) in [6.07, 6.45) is 6.97. The van der Waals surface area contributed by atoms with Gasteiger partial charge in [-0.15, -0.1) is 0 Å². The van der Waals surface area contributed by atoms with Gasteiger partial charge in [0.15, 0.2) is 0 Å². The van der Waals surface area contributed by atoms with E-state index in [2.05, 4.69) is 45.4 Å². The summed E-state index contributed by atoms with van der Waals surface area (Å²) in [6.45, 7) is 0. The largest absolute Gasteiger partial charge is 0.317 e. The average molecular weight is 269 g/mol. The Bertz CT molecular complexity index is 310. The van der Waals surface area contributed by atoms with E-state index in [-0.39, 0.29) is 0 Å². The van der Waals surface area contributed by atoms with Crippen LogP contribution in [0.4, 0.5) is 0 Å². The number of pyridine rings is 1. The summed E-state index contributed by atoms with van der Waals surface area (Å²) in [5, 5.41) is 3.36. The highest BCUT2D eigenvalue weighted by molar-refractivity contribution is 9.10. The highest BCUT2D eigenvalue weighted by Crippen LogP contribution is 2.28. The van der Waals surface area contributed by atoms with Gasteiger partial charge in [0, 0.05) is 22.4 Å². The number of hydrogen-bond donors (Lipinski definition) is 1. The lowest BCUT2D eigenvalue weighted by Crippen LogP contribution is -2.21. The van der Waals surface area contributed by atoms with Gasteiger partial charge in [-0.3, -0.25) is 4.98 Å². The van der Waals surface area contributed by atoms with Crippen LogP contribution in [0.25, 0.3) is 0 Å². The fourth-order valence-corrected chi connectivity index (χ4v) is 2.58. The van der Waals surface area contributed by atoms with Crippen LogP contribution in [0.2, 0.25) is 0 Å². The molecule has 2 unspecified atom stereocenters. The fraction of sp³-hybridized carbons (Fsp3) is 0.583. The molecule has 3 heteroatoms. The van der Waals surface area contributed by atoms with Gasteiger partial charge in [-0.2, -0.15) is 0 Å². The van der Waals surface area contributed by atoms with Gasteiger partial charge < -0.3 is 5.32 Å². The van der Waals surface area contributed by atoms with Crippen molar-refractivity contribution in [1.29, 1.82) is 0 Å². The zero-order valence-electron chi connectivity index (χ0n) is 9.04. The number of aromatic nitrogens is 1. The third-order valence-corrected chi connectivity index (χ3v) is 3.71. The van der Waals surface area contributed by atoms with E-state index >= 15 is 0 Å².